The van der Waals surface area contributed by atoms with E-state index in [4.69, 9.17) is 28.7 Å². The number of carbonyl (C=O) groups is 13. The molecule has 35 heteroatoms. The molecule has 2 fully saturated rings. The highest BCUT2D eigenvalue weighted by Gasteiger charge is 2.43. The first-order chi connectivity index (χ1) is 47.6. The van der Waals surface area contributed by atoms with Crippen molar-refractivity contribution in [3.8, 4) is 0 Å². The minimum absolute atomic E-state index is 0.0105. The molecule has 1 aromatic heterocycles. The van der Waals surface area contributed by atoms with Gasteiger partial charge in [-0.2, -0.15) is 0 Å². The number of nitrogens with one attached hydrogen (secondary N) is 11. The summed E-state index contributed by atoms with van der Waals surface area (Å²) in [4.78, 5) is 196. The molecule has 0 aliphatic carbocycles. The number of hydrogen-bond donors (Lipinski definition) is 18. The van der Waals surface area contributed by atoms with Crippen LogP contribution in [-0.4, -0.2) is 225 Å². The Hall–Kier alpha value is -10.7. The minimum Gasteiger partial charge on any atom is -0.394 e. The molecule has 0 radical (unpaired) electrons. The fourth-order valence-electron chi connectivity index (χ4n) is 11.8. The Kier molecular flexibility index (Phi) is 29.6. The van der Waals surface area contributed by atoms with Gasteiger partial charge < -0.3 is 107 Å². The number of nitrogens with zero attached hydrogens (tertiary/aromatic N) is 4. The van der Waals surface area contributed by atoms with Crippen LogP contribution in [0.25, 0.3) is 10.9 Å². The highest BCUT2D eigenvalue weighted by atomic mass is 16.3. The van der Waals surface area contributed by atoms with Crippen molar-refractivity contribution in [2.45, 2.75) is 183 Å². The van der Waals surface area contributed by atoms with E-state index in [1.54, 1.807) is 60.8 Å². The van der Waals surface area contributed by atoms with E-state index in [1.807, 2.05) is 0 Å². The van der Waals surface area contributed by atoms with Crippen LogP contribution in [0.5, 0.6) is 0 Å². The molecule has 35 nitrogen and oxygen atoms in total. The zero-order chi connectivity index (χ0) is 73.3. The van der Waals surface area contributed by atoms with Crippen LogP contribution in [0.3, 0.4) is 0 Å². The van der Waals surface area contributed by atoms with Crippen LogP contribution in [0.4, 0.5) is 0 Å². The van der Waals surface area contributed by atoms with Gasteiger partial charge in [0, 0.05) is 63.0 Å². The Morgan fingerprint density at radius 3 is 1.91 bits per heavy atom. The molecule has 2 saturated heterocycles. The first-order valence-electron chi connectivity index (χ1n) is 33.1. The Labute approximate surface area is 576 Å². The number of aromatic nitrogens is 1. The molecule has 3 aliphatic heterocycles. The van der Waals surface area contributed by atoms with Gasteiger partial charge in [0.2, 0.25) is 76.8 Å². The molecule has 3 aromatic rings. The summed E-state index contributed by atoms with van der Waals surface area (Å²) in [7, 11) is 0. The van der Waals surface area contributed by atoms with Crippen LogP contribution in [0, 0.1) is 0 Å². The number of rotatable bonds is 29. The molecule has 100 heavy (non-hydrogen) atoms. The van der Waals surface area contributed by atoms with Gasteiger partial charge in [-0.25, -0.2) is 0 Å². The molecule has 2 aromatic carbocycles. The quantitative estimate of drug-likeness (QED) is 0.0133. The number of benzene rings is 2. The highest BCUT2D eigenvalue weighted by Crippen LogP contribution is 2.24. The lowest BCUT2D eigenvalue weighted by Crippen LogP contribution is -2.60. The molecule has 0 saturated carbocycles. The van der Waals surface area contributed by atoms with Crippen molar-refractivity contribution in [1.82, 2.24) is 68.0 Å². The van der Waals surface area contributed by atoms with Crippen molar-refractivity contribution in [1.29, 1.82) is 0 Å². The molecular formula is C65H94N20O15. The number of aliphatic hydroxyl groups excluding tert-OH is 2. The van der Waals surface area contributed by atoms with Crippen LogP contribution in [0.2, 0.25) is 0 Å². The molecule has 4 heterocycles. The summed E-state index contributed by atoms with van der Waals surface area (Å²) < 4.78 is 0. The van der Waals surface area contributed by atoms with Gasteiger partial charge in [-0.1, -0.05) is 60.7 Å². The fourth-order valence-corrected chi connectivity index (χ4v) is 11.8. The summed E-state index contributed by atoms with van der Waals surface area (Å²) in [5, 5.41) is 46.7. The predicted octanol–water partition coefficient (Wildman–Crippen LogP) is -5.84. The zero-order valence-corrected chi connectivity index (χ0v) is 56.3. The molecule has 6 rings (SSSR count). The standard InChI is InChI=1S/C65H94N20O15/c1-34(74-59(96)48(33-86)76-37(4)88)53(90)77-43(22-12-26-71-64(67)68)55(92)81-46(31-39-32-73-41-19-9-8-18-40(39)41)58(95)78-42-20-10-11-21-45(62(99)84-28-15-25-50(84)61(98)79-44(23-13-27-72-65(69)70)57(94)83-51(36(3)87)52(66)89)80-54(91)35(2)75-60(97)49-24-14-29-85(49)63(100)47(82-56(42)93)30-38-16-6-5-7-17-38/h5-11,16-19,32,34-36,42-51,73,86-87H,12-15,20-31,33H2,1-4H3,(H2,66,89)(H,74,96)(H,75,97)(H,76,88)(H,77,90)(H,78,95)(H,79,98)(H,80,91)(H,81,92)(H,82,93)(H,83,94)(H4,67,68,71)(H4,69,70,72)/b11-10-/t34-,35-,36+,42-,43-,44-,45-,46-,47-,48-,49-,50-,51-/m0/s1. The summed E-state index contributed by atoms with van der Waals surface area (Å²) in [6.07, 6.45) is 2.91. The smallest absolute Gasteiger partial charge is 0.246 e. The second kappa shape index (κ2) is 37.9. The number of likely N-dealkylation sites (tertiary alicyclic amines) is 1. The third kappa shape index (κ3) is 22.9. The zero-order valence-electron chi connectivity index (χ0n) is 56.3. The second-order valence-corrected chi connectivity index (χ2v) is 24.9. The summed E-state index contributed by atoms with van der Waals surface area (Å²) in [5.41, 5.74) is 29.4. The fraction of sp³-hybridized carbons (Fsp3) is 0.523. The van der Waals surface area contributed by atoms with Crippen molar-refractivity contribution >= 4 is 99.6 Å². The van der Waals surface area contributed by atoms with Gasteiger partial charge in [-0.3, -0.25) is 72.3 Å². The van der Waals surface area contributed by atoms with Crippen molar-refractivity contribution in [2.24, 2.45) is 38.7 Å². The van der Waals surface area contributed by atoms with Crippen LogP contribution in [0.15, 0.2) is 82.9 Å². The van der Waals surface area contributed by atoms with E-state index in [0.29, 0.717) is 28.5 Å². The van der Waals surface area contributed by atoms with Crippen LogP contribution < -0.4 is 81.8 Å². The third-order valence-corrected chi connectivity index (χ3v) is 17.1. The normalized spacial score (nSPS) is 21.4. The number of fused-ring (bicyclic) bond motifs is 2. The predicted molar refractivity (Wildman–Crippen MR) is 364 cm³/mol. The number of nitrogens with two attached hydrogens (primary N) is 5. The first-order valence-corrected chi connectivity index (χ1v) is 33.1. The minimum atomic E-state index is -1.61. The summed E-state index contributed by atoms with van der Waals surface area (Å²) in [6.45, 7) is 4.30. The topological polar surface area (TPSA) is 560 Å². The molecular weight excluding hydrogens is 1300 g/mol. The van der Waals surface area contributed by atoms with Gasteiger partial charge in [-0.05, 0) is 102 Å². The first kappa shape index (κ1) is 78.3. The Morgan fingerprint density at radius 2 is 1.27 bits per heavy atom. The Bertz CT molecular complexity index is 3520. The number of para-hydroxylation sites is 1. The van der Waals surface area contributed by atoms with E-state index >= 15 is 14.4 Å². The lowest BCUT2D eigenvalue weighted by molar-refractivity contribution is -0.143. The second-order valence-electron chi connectivity index (χ2n) is 24.9. The number of aliphatic imine (C=N–C) groups is 2. The maximum atomic E-state index is 15.3. The number of carbonyl (C=O) groups excluding carboxylic acids is 13. The number of hydrogen-bond acceptors (Lipinski definition) is 17. The molecule has 0 bridgehead atoms. The van der Waals surface area contributed by atoms with Gasteiger partial charge in [0.05, 0.1) is 12.7 Å². The maximum absolute atomic E-state index is 15.3. The Morgan fingerprint density at radius 1 is 0.660 bits per heavy atom. The lowest BCUT2D eigenvalue weighted by atomic mass is 10.0. The van der Waals surface area contributed by atoms with Gasteiger partial charge in [-0.15, -0.1) is 0 Å². The average molecular weight is 1400 g/mol. The van der Waals surface area contributed by atoms with Gasteiger partial charge in [0.1, 0.15) is 72.5 Å². The number of aliphatic hydroxyl groups is 2. The largest absolute Gasteiger partial charge is 0.394 e. The molecule has 0 spiro atoms. The third-order valence-electron chi connectivity index (χ3n) is 17.1. The van der Waals surface area contributed by atoms with Gasteiger partial charge in [0.25, 0.3) is 0 Å². The average Bonchev–Trinajstić information content (AvgIpc) is 1.63. The van der Waals surface area contributed by atoms with E-state index in [2.05, 4.69) is 68.1 Å². The lowest BCUT2D eigenvalue weighted by Gasteiger charge is -2.31. The number of primary amides is 1. The number of guanidine groups is 2. The molecule has 0 unspecified atom stereocenters. The number of H-pyrrole nitrogens is 1. The van der Waals surface area contributed by atoms with Gasteiger partial charge >= 0.3 is 0 Å². The van der Waals surface area contributed by atoms with E-state index in [0.717, 1.165) is 6.92 Å². The molecule has 13 atom stereocenters. The summed E-state index contributed by atoms with van der Waals surface area (Å²) >= 11 is 0. The molecule has 544 valence electrons. The van der Waals surface area contributed by atoms with E-state index in [9.17, 15) is 58.2 Å². The van der Waals surface area contributed by atoms with Crippen molar-refractivity contribution in [3.05, 3.63) is 84.1 Å². The van der Waals surface area contributed by atoms with Gasteiger partial charge in [0.15, 0.2) is 11.9 Å². The van der Waals surface area contributed by atoms with Crippen LogP contribution >= 0.6 is 0 Å². The maximum Gasteiger partial charge on any atom is 0.246 e. The van der Waals surface area contributed by atoms with Crippen LogP contribution in [0.1, 0.15) is 103 Å². The summed E-state index contributed by atoms with van der Waals surface area (Å²) in [5.74, 6) is -11.4. The monoisotopic (exact) mass is 1390 g/mol. The van der Waals surface area contributed by atoms with Crippen molar-refractivity contribution in [3.63, 3.8) is 0 Å². The molecule has 3 aliphatic rings. The number of amides is 13. The van der Waals surface area contributed by atoms with E-state index in [1.165, 1.54) is 42.7 Å². The van der Waals surface area contributed by atoms with E-state index < -0.39 is 162 Å². The van der Waals surface area contributed by atoms with Crippen molar-refractivity contribution in [2.75, 3.05) is 32.8 Å². The number of aromatic amines is 1. The highest BCUT2D eigenvalue weighted by molar-refractivity contribution is 6.00. The van der Waals surface area contributed by atoms with Crippen LogP contribution in [-0.2, 0) is 75.2 Å². The molecule has 23 N–H and O–H groups in total. The van der Waals surface area contributed by atoms with E-state index in [-0.39, 0.29) is 109 Å². The SMILES string of the molecule is CC(=O)N[C@@H](CO)C(=O)N[C@@H](C)C(=O)N[C@@H](CCCN=C(N)N)C(=O)N[C@@H](Cc1c[nH]c2ccccc12)C(=O)N[C@H]1C/C=C\C[C@@H](C(=O)N2CCC[C@H]2C(=O)N[C@@H](CCCN=C(N)N)C(=O)N[C@H](C(N)=O)[C@@H](C)O)NC(=O)[C@H](C)NC(=O)[C@@H]2CCCN2C(=O)[C@H](Cc2ccccc2)NC1=O. The molecule has 13 amide bonds. The van der Waals surface area contributed by atoms with Crippen molar-refractivity contribution < 1.29 is 72.5 Å². The Balaban J connectivity index is 1.37. The summed E-state index contributed by atoms with van der Waals surface area (Å²) in [6, 6.07) is -1.09.